The van der Waals surface area contributed by atoms with Gasteiger partial charge in [0.05, 0.1) is 6.61 Å². The Morgan fingerprint density at radius 1 is 1.23 bits per heavy atom. The van der Waals surface area contributed by atoms with Gasteiger partial charge in [0.15, 0.2) is 0 Å². The lowest BCUT2D eigenvalue weighted by atomic mass is 9.72. The molecule has 0 atom stereocenters. The molecule has 0 amide bonds. The Morgan fingerprint density at radius 3 is 2.50 bits per heavy atom. The maximum absolute atomic E-state index is 13.8. The molecule has 0 aromatic heterocycles. The molecule has 1 N–H and O–H groups in total. The molecule has 0 spiro atoms. The molecule has 0 aliphatic heterocycles. The lowest BCUT2D eigenvalue weighted by molar-refractivity contribution is 0.342. The van der Waals surface area contributed by atoms with Gasteiger partial charge < -0.3 is 5.11 Å². The fourth-order valence-electron chi connectivity index (χ4n) is 2.95. The average molecular weight is 304 g/mol. The second kappa shape index (κ2) is 8.28. The van der Waals surface area contributed by atoms with Crippen LogP contribution in [-0.4, -0.2) is 11.7 Å². The molecule has 2 heteroatoms. The highest BCUT2D eigenvalue weighted by Crippen LogP contribution is 2.40. The summed E-state index contributed by atoms with van der Waals surface area (Å²) < 4.78 is 13.8. The molecule has 1 rings (SSSR count). The third-order valence-electron chi connectivity index (χ3n) is 4.20. The lowest BCUT2D eigenvalue weighted by Gasteiger charge is -2.32. The highest BCUT2D eigenvalue weighted by Gasteiger charge is 2.26. The molecule has 1 aliphatic rings. The second-order valence-corrected chi connectivity index (χ2v) is 6.81. The van der Waals surface area contributed by atoms with Crippen LogP contribution in [0.2, 0.25) is 0 Å². The highest BCUT2D eigenvalue weighted by molar-refractivity contribution is 5.38. The Balaban J connectivity index is 2.89. The van der Waals surface area contributed by atoms with E-state index < -0.39 is 0 Å². The normalized spacial score (nSPS) is 21.0. The molecule has 1 nitrogen and oxygen atoms in total. The molecule has 0 fully saturated rings. The minimum atomic E-state index is -0.294. The largest absolute Gasteiger partial charge is 0.392 e. The number of hydrogen-bond acceptors (Lipinski definition) is 1. The van der Waals surface area contributed by atoms with Crippen LogP contribution < -0.4 is 0 Å². The van der Waals surface area contributed by atoms with Crippen molar-refractivity contribution in [3.8, 4) is 0 Å². The van der Waals surface area contributed by atoms with Crippen LogP contribution in [0.25, 0.3) is 0 Å². The zero-order chi connectivity index (χ0) is 16.8. The van der Waals surface area contributed by atoms with Gasteiger partial charge in [0.2, 0.25) is 0 Å². The van der Waals surface area contributed by atoms with E-state index in [1.54, 1.807) is 13.0 Å². The molecule has 22 heavy (non-hydrogen) atoms. The van der Waals surface area contributed by atoms with Crippen LogP contribution in [0.4, 0.5) is 4.39 Å². The zero-order valence-electron chi connectivity index (χ0n) is 14.5. The predicted octanol–water partition coefficient (Wildman–Crippen LogP) is 5.81. The number of aliphatic hydroxyl groups excluding tert-OH is 1. The molecular weight excluding hydrogens is 275 g/mol. The summed E-state index contributed by atoms with van der Waals surface area (Å²) in [7, 11) is 0. The SMILES string of the molecule is CC1=C(/C=C/C(C)=C/C(F)=C/C(C)=C/CO)C(C)(C)CCC1. The fourth-order valence-corrected chi connectivity index (χ4v) is 2.95. The molecule has 122 valence electrons. The van der Waals surface area contributed by atoms with Crippen LogP contribution in [0.15, 0.2) is 58.5 Å². The summed E-state index contributed by atoms with van der Waals surface area (Å²) in [4.78, 5) is 0. The lowest BCUT2D eigenvalue weighted by Crippen LogP contribution is -2.19. The molecule has 0 bridgehead atoms. The van der Waals surface area contributed by atoms with Gasteiger partial charge in [-0.15, -0.1) is 0 Å². The van der Waals surface area contributed by atoms with Gasteiger partial charge in [-0.05, 0) is 74.3 Å². The van der Waals surface area contributed by atoms with Crippen LogP contribution >= 0.6 is 0 Å². The Bertz CT molecular complexity index is 542. The number of halogens is 1. The van der Waals surface area contributed by atoms with Crippen molar-refractivity contribution in [1.29, 1.82) is 0 Å². The van der Waals surface area contributed by atoms with Gasteiger partial charge in [-0.1, -0.05) is 37.6 Å². The Hall–Kier alpha value is -1.41. The van der Waals surface area contributed by atoms with E-state index in [1.165, 1.54) is 36.1 Å². The number of rotatable bonds is 5. The van der Waals surface area contributed by atoms with Gasteiger partial charge in [-0.2, -0.15) is 0 Å². The van der Waals surface area contributed by atoms with E-state index in [-0.39, 0.29) is 17.8 Å². The smallest absolute Gasteiger partial charge is 0.123 e. The highest BCUT2D eigenvalue weighted by atomic mass is 19.1. The summed E-state index contributed by atoms with van der Waals surface area (Å²) in [6.07, 6.45) is 12.3. The van der Waals surface area contributed by atoms with E-state index >= 15 is 0 Å². The van der Waals surface area contributed by atoms with Crippen molar-refractivity contribution in [2.24, 2.45) is 5.41 Å². The minimum absolute atomic E-state index is 0.0687. The maximum atomic E-state index is 13.8. The van der Waals surface area contributed by atoms with Gasteiger partial charge in [0.25, 0.3) is 0 Å². The molecule has 0 radical (unpaired) electrons. The standard InChI is InChI=1S/C20H29FO/c1-15(13-18(21)14-16(2)10-12-22)8-9-19-17(3)7-6-11-20(19,4)5/h8-10,13-14,22H,6-7,11-12H2,1-5H3/b9-8+,15-13+,16-10+,18-14-. The van der Waals surface area contributed by atoms with Crippen molar-refractivity contribution in [3.05, 3.63) is 58.5 Å². The second-order valence-electron chi connectivity index (χ2n) is 6.81. The van der Waals surface area contributed by atoms with Gasteiger partial charge >= 0.3 is 0 Å². The molecule has 0 heterocycles. The summed E-state index contributed by atoms with van der Waals surface area (Å²) >= 11 is 0. The Kier molecular flexibility index (Phi) is 7.02. The molecule has 1 aliphatic carbocycles. The average Bonchev–Trinajstić information content (AvgIpc) is 2.37. The Labute approximate surface area is 134 Å². The molecule has 0 saturated heterocycles. The van der Waals surface area contributed by atoms with Crippen LogP contribution in [0.5, 0.6) is 0 Å². The van der Waals surface area contributed by atoms with Crippen molar-refractivity contribution in [2.45, 2.75) is 53.9 Å². The van der Waals surface area contributed by atoms with Crippen molar-refractivity contribution in [1.82, 2.24) is 0 Å². The summed E-state index contributed by atoms with van der Waals surface area (Å²) in [5.41, 5.74) is 4.63. The van der Waals surface area contributed by atoms with Crippen LogP contribution in [0.1, 0.15) is 53.9 Å². The van der Waals surface area contributed by atoms with Gasteiger partial charge in [-0.3, -0.25) is 0 Å². The molecule has 0 aromatic rings. The van der Waals surface area contributed by atoms with Crippen molar-refractivity contribution >= 4 is 0 Å². The minimum Gasteiger partial charge on any atom is -0.392 e. The molecular formula is C20H29FO. The van der Waals surface area contributed by atoms with Gasteiger partial charge in [0, 0.05) is 0 Å². The van der Waals surface area contributed by atoms with Crippen molar-refractivity contribution in [3.63, 3.8) is 0 Å². The molecule has 0 aromatic carbocycles. The zero-order valence-corrected chi connectivity index (χ0v) is 14.5. The van der Waals surface area contributed by atoms with Crippen LogP contribution in [0.3, 0.4) is 0 Å². The summed E-state index contributed by atoms with van der Waals surface area (Å²) in [6.45, 7) is 10.4. The Morgan fingerprint density at radius 2 is 1.91 bits per heavy atom. The first kappa shape index (κ1) is 18.6. The summed E-state index contributed by atoms with van der Waals surface area (Å²) in [6, 6.07) is 0. The topological polar surface area (TPSA) is 20.2 Å². The van der Waals surface area contributed by atoms with E-state index in [0.717, 1.165) is 17.6 Å². The number of hydrogen-bond donors (Lipinski definition) is 1. The number of aliphatic hydroxyl groups is 1. The van der Waals surface area contributed by atoms with E-state index in [0.29, 0.717) is 0 Å². The van der Waals surface area contributed by atoms with E-state index in [4.69, 9.17) is 5.11 Å². The van der Waals surface area contributed by atoms with E-state index in [9.17, 15) is 4.39 Å². The van der Waals surface area contributed by atoms with Crippen LogP contribution in [0, 0.1) is 5.41 Å². The third-order valence-corrected chi connectivity index (χ3v) is 4.20. The maximum Gasteiger partial charge on any atom is 0.123 e. The van der Waals surface area contributed by atoms with Crippen LogP contribution in [-0.2, 0) is 0 Å². The molecule has 0 unspecified atom stereocenters. The first-order valence-corrected chi connectivity index (χ1v) is 7.97. The third kappa shape index (κ3) is 5.76. The predicted molar refractivity (Wildman–Crippen MR) is 93.3 cm³/mol. The first-order valence-electron chi connectivity index (χ1n) is 7.97. The molecule has 0 saturated carbocycles. The van der Waals surface area contributed by atoms with Crippen molar-refractivity contribution in [2.75, 3.05) is 6.61 Å². The summed E-state index contributed by atoms with van der Waals surface area (Å²) in [5.74, 6) is -0.294. The van der Waals surface area contributed by atoms with E-state index in [1.807, 2.05) is 13.0 Å². The quantitative estimate of drug-likeness (QED) is 0.636. The summed E-state index contributed by atoms with van der Waals surface area (Å²) in [5, 5.41) is 8.77. The van der Waals surface area contributed by atoms with Gasteiger partial charge in [0.1, 0.15) is 5.83 Å². The van der Waals surface area contributed by atoms with Gasteiger partial charge in [-0.25, -0.2) is 4.39 Å². The van der Waals surface area contributed by atoms with Crippen molar-refractivity contribution < 1.29 is 9.50 Å². The van der Waals surface area contributed by atoms with E-state index in [2.05, 4.69) is 26.8 Å². The monoisotopic (exact) mass is 304 g/mol. The fraction of sp³-hybridized carbons (Fsp3) is 0.500. The number of allylic oxidation sites excluding steroid dienone is 9. The first-order chi connectivity index (χ1) is 10.3.